The number of hydrogen-bond donors (Lipinski definition) is 17. The molecule has 0 saturated carbocycles. The Morgan fingerprint density at radius 3 is 1.03 bits per heavy atom. The summed E-state index contributed by atoms with van der Waals surface area (Å²) in [5, 5.41) is 48.6. The van der Waals surface area contributed by atoms with Crippen LogP contribution in [0.3, 0.4) is 0 Å². The van der Waals surface area contributed by atoms with Gasteiger partial charge in [-0.15, -0.1) is 0 Å². The van der Waals surface area contributed by atoms with Gasteiger partial charge in [0.05, 0.1) is 13.2 Å². The van der Waals surface area contributed by atoms with Crippen LogP contribution in [0.5, 0.6) is 0 Å². The van der Waals surface area contributed by atoms with Gasteiger partial charge < -0.3 is 92.3 Å². The molecule has 23 N–H and O–H groups in total. The summed E-state index contributed by atoms with van der Waals surface area (Å²) in [4.78, 5) is 128. The van der Waals surface area contributed by atoms with Gasteiger partial charge in [-0.05, 0) is 64.7 Å². The number of carboxylic acids is 1. The lowest BCUT2D eigenvalue weighted by atomic mass is 10.0. The van der Waals surface area contributed by atoms with E-state index in [0.29, 0.717) is 0 Å². The molecule has 0 aliphatic rings. The molecule has 0 aliphatic heterocycles. The maximum absolute atomic E-state index is 13.7. The smallest absolute Gasteiger partial charge is 0.325 e. The Morgan fingerprint density at radius 2 is 0.731 bits per heavy atom. The minimum Gasteiger partial charge on any atom is -0.480 e. The normalized spacial score (nSPS) is 14.3. The number of nitrogens with two attached hydrogens (primary N) is 6. The van der Waals surface area contributed by atoms with Gasteiger partial charge in [0.25, 0.3) is 0 Å². The molecule has 0 spiro atoms. The number of rotatable bonds is 32. The molecule has 8 amide bonds. The topological polar surface area (TPSA) is 504 Å². The van der Waals surface area contributed by atoms with Gasteiger partial charge in [-0.1, -0.05) is 13.8 Å². The molecule has 29 heteroatoms. The first-order chi connectivity index (χ1) is 31.3. The number of carboxylic acid groups (broad SMARTS) is 1. The third-order valence-electron chi connectivity index (χ3n) is 9.25. The molecule has 0 radical (unpaired) electrons. The highest BCUT2D eigenvalue weighted by atomic mass is 16.4. The third-order valence-corrected chi connectivity index (χ3v) is 9.25. The number of aliphatic carboxylic acids is 1. The third kappa shape index (κ3) is 25.9. The predicted octanol–water partition coefficient (Wildman–Crippen LogP) is -7.80. The number of nitrogens with one attached hydrogen (secondary N) is 8. The van der Waals surface area contributed by atoms with Gasteiger partial charge in [-0.3, -0.25) is 58.1 Å². The summed E-state index contributed by atoms with van der Waals surface area (Å²) in [6.45, 7) is 5.30. The van der Waals surface area contributed by atoms with E-state index in [-0.39, 0.29) is 88.4 Å². The number of aliphatic hydroxyl groups excluding tert-OH is 2. The molecule has 0 fully saturated rings. The lowest BCUT2D eigenvalue weighted by molar-refractivity contribution is -0.141. The minimum atomic E-state index is -1.76. The second kappa shape index (κ2) is 31.8. The van der Waals surface area contributed by atoms with E-state index in [0.717, 1.165) is 0 Å². The van der Waals surface area contributed by atoms with Crippen molar-refractivity contribution < 1.29 is 58.5 Å². The first-order valence-corrected chi connectivity index (χ1v) is 21.3. The molecule has 0 unspecified atom stereocenters. The van der Waals surface area contributed by atoms with Crippen LogP contribution in [-0.4, -0.2) is 168 Å². The van der Waals surface area contributed by atoms with E-state index in [1.807, 2.05) is 13.8 Å². The maximum Gasteiger partial charge on any atom is 0.325 e. The molecule has 29 nitrogen and oxygen atoms in total. The number of aliphatic imine (C=N–C) groups is 3. The van der Waals surface area contributed by atoms with Crippen LogP contribution in [-0.2, 0) is 43.2 Å². The van der Waals surface area contributed by atoms with Gasteiger partial charge in [0.1, 0.15) is 48.3 Å². The number of nitrogens with zero attached hydrogens (tertiary/aromatic N) is 3. The molecule has 0 saturated heterocycles. The molecule has 8 atom stereocenters. The second-order valence-corrected chi connectivity index (χ2v) is 15.7. The number of carbonyl (C=O) groups excluding carboxylic acids is 8. The summed E-state index contributed by atoms with van der Waals surface area (Å²) in [6, 6.07) is -11.4. The average Bonchev–Trinajstić information content (AvgIpc) is 3.23. The van der Waals surface area contributed by atoms with E-state index in [1.165, 1.54) is 20.8 Å². The second-order valence-electron chi connectivity index (χ2n) is 15.7. The fourth-order valence-electron chi connectivity index (χ4n) is 5.79. The highest BCUT2D eigenvalue weighted by Gasteiger charge is 2.34. The van der Waals surface area contributed by atoms with Crippen LogP contribution in [0, 0.1) is 5.92 Å². The Labute approximate surface area is 387 Å². The van der Waals surface area contributed by atoms with Gasteiger partial charge in [-0.25, -0.2) is 0 Å². The van der Waals surface area contributed by atoms with E-state index in [9.17, 15) is 53.4 Å². The summed E-state index contributed by atoms with van der Waals surface area (Å²) in [6.07, 6.45) is 0.124. The van der Waals surface area contributed by atoms with E-state index in [4.69, 9.17) is 39.5 Å². The molecule has 0 rings (SSSR count). The van der Waals surface area contributed by atoms with Gasteiger partial charge in [0.15, 0.2) is 17.9 Å². The number of aliphatic hydroxyl groups is 2. The molecular weight excluding hydrogens is 887 g/mol. The van der Waals surface area contributed by atoms with E-state index in [2.05, 4.69) is 57.5 Å². The zero-order valence-corrected chi connectivity index (χ0v) is 38.5. The van der Waals surface area contributed by atoms with Crippen molar-refractivity contribution >= 4 is 71.1 Å². The van der Waals surface area contributed by atoms with Crippen LogP contribution in [0.25, 0.3) is 0 Å². The minimum absolute atomic E-state index is 0.0108. The fourth-order valence-corrected chi connectivity index (χ4v) is 5.79. The molecule has 0 heterocycles. The highest BCUT2D eigenvalue weighted by Crippen LogP contribution is 2.09. The maximum atomic E-state index is 13.7. The molecule has 0 aromatic rings. The predicted molar refractivity (Wildman–Crippen MR) is 243 cm³/mol. The van der Waals surface area contributed by atoms with Gasteiger partial charge in [-0.2, -0.15) is 0 Å². The zero-order chi connectivity index (χ0) is 51.4. The number of hydrogen-bond acceptors (Lipinski definition) is 14. The van der Waals surface area contributed by atoms with Crippen LogP contribution in [0.4, 0.5) is 0 Å². The highest BCUT2D eigenvalue weighted by molar-refractivity contribution is 5.98. The Balaban J connectivity index is 6.45. The van der Waals surface area contributed by atoms with Crippen molar-refractivity contribution in [3.8, 4) is 0 Å². The molecule has 0 aromatic carbocycles. The molecular formula is C38H71N17O12. The Bertz CT molecular complexity index is 1770. The van der Waals surface area contributed by atoms with E-state index < -0.39 is 115 Å². The summed E-state index contributed by atoms with van der Waals surface area (Å²) in [5.41, 5.74) is 32.4. The molecule has 380 valence electrons. The van der Waals surface area contributed by atoms with Gasteiger partial charge in [0, 0.05) is 26.6 Å². The van der Waals surface area contributed by atoms with Crippen LogP contribution >= 0.6 is 0 Å². The summed E-state index contributed by atoms with van der Waals surface area (Å²) in [7, 11) is 0. The van der Waals surface area contributed by atoms with Crippen LogP contribution < -0.4 is 76.9 Å². The van der Waals surface area contributed by atoms with Crippen molar-refractivity contribution in [3.63, 3.8) is 0 Å². The first-order valence-electron chi connectivity index (χ1n) is 21.3. The first kappa shape index (κ1) is 60.0. The molecule has 67 heavy (non-hydrogen) atoms. The van der Waals surface area contributed by atoms with Crippen molar-refractivity contribution in [1.82, 2.24) is 42.5 Å². The quantitative estimate of drug-likeness (QED) is 0.0169. The molecule has 0 aliphatic carbocycles. The lowest BCUT2D eigenvalue weighted by Gasteiger charge is -2.27. The summed E-state index contributed by atoms with van der Waals surface area (Å²) in [5.74, 6) is -9.29. The van der Waals surface area contributed by atoms with Gasteiger partial charge >= 0.3 is 5.97 Å². The number of guanidine groups is 3. The van der Waals surface area contributed by atoms with Crippen molar-refractivity contribution in [1.29, 1.82) is 0 Å². The largest absolute Gasteiger partial charge is 0.480 e. The average molecular weight is 958 g/mol. The Kier molecular flexibility index (Phi) is 28.4. The van der Waals surface area contributed by atoms with Crippen LogP contribution in [0.2, 0.25) is 0 Å². The summed E-state index contributed by atoms with van der Waals surface area (Å²) >= 11 is 0. The van der Waals surface area contributed by atoms with Crippen LogP contribution in [0.1, 0.15) is 79.6 Å². The zero-order valence-electron chi connectivity index (χ0n) is 38.5. The molecule has 0 aromatic heterocycles. The van der Waals surface area contributed by atoms with Crippen LogP contribution in [0.15, 0.2) is 15.0 Å². The van der Waals surface area contributed by atoms with E-state index >= 15 is 0 Å². The van der Waals surface area contributed by atoms with Crippen molar-refractivity contribution in [2.75, 3.05) is 32.8 Å². The Hall–Kier alpha value is -7.04. The number of carbonyl (C=O) groups is 9. The van der Waals surface area contributed by atoms with Crippen molar-refractivity contribution in [2.24, 2.45) is 55.3 Å². The lowest BCUT2D eigenvalue weighted by Crippen LogP contribution is -2.61. The summed E-state index contributed by atoms with van der Waals surface area (Å²) < 4.78 is 0. The van der Waals surface area contributed by atoms with Crippen molar-refractivity contribution in [2.45, 2.75) is 128 Å². The monoisotopic (exact) mass is 958 g/mol. The molecule has 0 bridgehead atoms. The Morgan fingerprint density at radius 1 is 0.433 bits per heavy atom. The fraction of sp³-hybridized carbons (Fsp3) is 0.684. The number of amides is 8. The van der Waals surface area contributed by atoms with Crippen molar-refractivity contribution in [3.05, 3.63) is 0 Å². The SMILES string of the molecule is CC(=O)N[C@@H](CC(C)C)C(=O)N[C@@H](CCCN=C(N)N)C(=O)N[C@@H](CO)C(=O)N[C@@H](CCCN=C(N)N)C(=O)N[C@@H](CO)C(=O)N[C@@H](CCCN=C(N)N)C(=O)N[C@@H](C)C(=O)N[C@@H](C)C(=O)O. The van der Waals surface area contributed by atoms with Gasteiger partial charge in [0.2, 0.25) is 47.3 Å². The standard InChI is InChI=1S/C38H71N17O12/c1-18(2)15-25(50-21(5)58)32(63)51-23(10-7-13-46-37(41)42)30(61)54-27(17-57)34(65)53-24(11-8-14-47-38(43)44)31(62)55-26(16-56)33(64)52-22(9-6-12-45-36(39)40)29(60)48-19(3)28(59)49-20(4)35(66)67/h18-20,22-27,56-57H,6-17H2,1-5H3,(H,48,60)(H,49,59)(H,50,58)(H,51,63)(H,52,64)(H,53,65)(H,54,61)(H,55,62)(H,66,67)(H4,39,40,45)(H4,41,42,46)(H4,43,44,47)/t19-,20-,22-,23-,24-,25-,26-,27-/m0/s1. The van der Waals surface area contributed by atoms with E-state index in [1.54, 1.807) is 0 Å².